The van der Waals surface area contributed by atoms with Crippen LogP contribution in [0.25, 0.3) is 0 Å². The topological polar surface area (TPSA) is 3.24 Å². The van der Waals surface area contributed by atoms with Crippen LogP contribution in [0.2, 0.25) is 0 Å². The molecule has 0 aliphatic rings. The maximum absolute atomic E-state index is 2.41. The molecule has 0 heterocycles. The van der Waals surface area contributed by atoms with Gasteiger partial charge in [-0.05, 0) is 24.9 Å². The van der Waals surface area contributed by atoms with Gasteiger partial charge in [0.2, 0.25) is 0 Å². The third kappa shape index (κ3) is 4.05. The van der Waals surface area contributed by atoms with Gasteiger partial charge in [-0.2, -0.15) is 0 Å². The monoisotopic (exact) mass is 205 g/mol. The molecule has 0 fully saturated rings. The lowest BCUT2D eigenvalue weighted by molar-refractivity contribution is 0.182. The molecule has 1 rings (SSSR count). The summed E-state index contributed by atoms with van der Waals surface area (Å²) in [6.07, 6.45) is 0. The average Bonchev–Trinajstić information content (AvgIpc) is 2.15. The van der Waals surface area contributed by atoms with Crippen LogP contribution in [-0.2, 0) is 0 Å². The van der Waals surface area contributed by atoms with E-state index in [1.54, 1.807) is 0 Å². The Bertz CT molecular complexity index is 284. The first kappa shape index (κ1) is 12.3. The smallest absolute Gasteiger partial charge is 0.0317 e. The minimum absolute atomic E-state index is 0.359. The number of nitrogens with zero attached hydrogens (tertiary/aromatic N) is 1. The van der Waals surface area contributed by atoms with E-state index in [1.807, 2.05) is 0 Å². The van der Waals surface area contributed by atoms with Gasteiger partial charge in [-0.1, -0.05) is 51.1 Å². The SMILES string of the molecule is C[C@@H](c1ccccc1)N(C)CC(C)(C)C. The fourth-order valence-electron chi connectivity index (χ4n) is 1.87. The van der Waals surface area contributed by atoms with Gasteiger partial charge < -0.3 is 0 Å². The van der Waals surface area contributed by atoms with E-state index in [1.165, 1.54) is 5.56 Å². The summed E-state index contributed by atoms with van der Waals surface area (Å²) >= 11 is 0. The predicted octanol–water partition coefficient (Wildman–Crippen LogP) is 3.73. The van der Waals surface area contributed by atoms with Crippen molar-refractivity contribution in [3.05, 3.63) is 35.9 Å². The summed E-state index contributed by atoms with van der Waals surface area (Å²) in [5, 5.41) is 0. The molecule has 0 aliphatic carbocycles. The maximum atomic E-state index is 2.41. The molecule has 1 aromatic carbocycles. The summed E-state index contributed by atoms with van der Waals surface area (Å²) < 4.78 is 0. The molecule has 0 N–H and O–H groups in total. The van der Waals surface area contributed by atoms with Crippen molar-refractivity contribution in [3.63, 3.8) is 0 Å². The van der Waals surface area contributed by atoms with E-state index in [-0.39, 0.29) is 0 Å². The molecule has 84 valence electrons. The molecule has 1 atom stereocenters. The second kappa shape index (κ2) is 4.80. The van der Waals surface area contributed by atoms with Crippen LogP contribution in [0, 0.1) is 5.41 Å². The summed E-state index contributed by atoms with van der Waals surface area (Å²) in [5.41, 5.74) is 1.75. The highest BCUT2D eigenvalue weighted by atomic mass is 15.1. The van der Waals surface area contributed by atoms with Gasteiger partial charge in [0.15, 0.2) is 0 Å². The van der Waals surface area contributed by atoms with E-state index in [9.17, 15) is 0 Å². The normalized spacial score (nSPS) is 14.3. The molecular weight excluding hydrogens is 182 g/mol. The minimum Gasteiger partial charge on any atom is -0.299 e. The van der Waals surface area contributed by atoms with Gasteiger partial charge in [0.25, 0.3) is 0 Å². The molecule has 0 aromatic heterocycles. The van der Waals surface area contributed by atoms with Crippen LogP contribution in [0.15, 0.2) is 30.3 Å². The first-order valence-corrected chi connectivity index (χ1v) is 5.65. The van der Waals surface area contributed by atoms with Crippen molar-refractivity contribution in [3.8, 4) is 0 Å². The Balaban J connectivity index is 2.65. The van der Waals surface area contributed by atoms with Crippen molar-refractivity contribution >= 4 is 0 Å². The lowest BCUT2D eigenvalue weighted by Crippen LogP contribution is -2.31. The molecule has 0 radical (unpaired) electrons. The number of rotatable bonds is 3. The first-order valence-electron chi connectivity index (χ1n) is 5.65. The van der Waals surface area contributed by atoms with Crippen LogP contribution in [0.4, 0.5) is 0 Å². The summed E-state index contributed by atoms with van der Waals surface area (Å²) in [6, 6.07) is 11.2. The molecule has 0 saturated heterocycles. The molecule has 0 amide bonds. The average molecular weight is 205 g/mol. The van der Waals surface area contributed by atoms with Crippen molar-refractivity contribution in [2.24, 2.45) is 5.41 Å². The molecule has 0 bridgehead atoms. The number of benzene rings is 1. The standard InChI is InChI=1S/C14H23N/c1-12(13-9-7-6-8-10-13)15(5)11-14(2,3)4/h6-10,12H,11H2,1-5H3/t12-/m0/s1. The molecular formula is C14H23N. The van der Waals surface area contributed by atoms with Gasteiger partial charge in [0, 0.05) is 12.6 Å². The molecule has 0 spiro atoms. The quantitative estimate of drug-likeness (QED) is 0.727. The summed E-state index contributed by atoms with van der Waals surface area (Å²) in [4.78, 5) is 2.41. The van der Waals surface area contributed by atoms with Gasteiger partial charge in [-0.15, -0.1) is 0 Å². The van der Waals surface area contributed by atoms with Crippen molar-refractivity contribution < 1.29 is 0 Å². The maximum Gasteiger partial charge on any atom is 0.0317 e. The van der Waals surface area contributed by atoms with Gasteiger partial charge in [0.05, 0.1) is 0 Å². The molecule has 1 heteroatoms. The Hall–Kier alpha value is -0.820. The van der Waals surface area contributed by atoms with Gasteiger partial charge in [-0.25, -0.2) is 0 Å². The van der Waals surface area contributed by atoms with E-state index < -0.39 is 0 Å². The first-order chi connectivity index (χ1) is 6.90. The second-order valence-corrected chi connectivity index (χ2v) is 5.56. The summed E-state index contributed by atoms with van der Waals surface area (Å²) in [7, 11) is 2.20. The Labute approximate surface area is 94.1 Å². The highest BCUT2D eigenvalue weighted by molar-refractivity contribution is 5.18. The van der Waals surface area contributed by atoms with Crippen molar-refractivity contribution in [2.75, 3.05) is 13.6 Å². The second-order valence-electron chi connectivity index (χ2n) is 5.56. The van der Waals surface area contributed by atoms with E-state index in [0.717, 1.165) is 6.54 Å². The Morgan fingerprint density at radius 1 is 1.13 bits per heavy atom. The van der Waals surface area contributed by atoms with Crippen LogP contribution in [-0.4, -0.2) is 18.5 Å². The lowest BCUT2D eigenvalue weighted by Gasteiger charge is -2.31. The highest BCUT2D eigenvalue weighted by Gasteiger charge is 2.18. The van der Waals surface area contributed by atoms with Crippen LogP contribution in [0.3, 0.4) is 0 Å². The molecule has 15 heavy (non-hydrogen) atoms. The van der Waals surface area contributed by atoms with E-state index in [2.05, 4.69) is 70.0 Å². The van der Waals surface area contributed by atoms with Gasteiger partial charge in [0.1, 0.15) is 0 Å². The third-order valence-electron chi connectivity index (χ3n) is 2.67. The van der Waals surface area contributed by atoms with Crippen LogP contribution in [0.1, 0.15) is 39.3 Å². The summed E-state index contributed by atoms with van der Waals surface area (Å²) in [6.45, 7) is 10.2. The highest BCUT2D eigenvalue weighted by Crippen LogP contribution is 2.23. The van der Waals surface area contributed by atoms with Crippen molar-refractivity contribution in [2.45, 2.75) is 33.7 Å². The van der Waals surface area contributed by atoms with Crippen LogP contribution in [0.5, 0.6) is 0 Å². The van der Waals surface area contributed by atoms with Crippen molar-refractivity contribution in [1.82, 2.24) is 4.90 Å². The summed E-state index contributed by atoms with van der Waals surface area (Å²) in [5.74, 6) is 0. The fraction of sp³-hybridized carbons (Fsp3) is 0.571. The van der Waals surface area contributed by atoms with E-state index >= 15 is 0 Å². The van der Waals surface area contributed by atoms with Gasteiger partial charge in [-0.3, -0.25) is 4.90 Å². The molecule has 1 nitrogen and oxygen atoms in total. The lowest BCUT2D eigenvalue weighted by atomic mass is 9.95. The molecule has 1 aromatic rings. The van der Waals surface area contributed by atoms with Crippen LogP contribution >= 0.6 is 0 Å². The minimum atomic E-state index is 0.359. The third-order valence-corrected chi connectivity index (χ3v) is 2.67. The zero-order chi connectivity index (χ0) is 11.5. The predicted molar refractivity (Wildman–Crippen MR) is 66.9 cm³/mol. The fourth-order valence-corrected chi connectivity index (χ4v) is 1.87. The Morgan fingerprint density at radius 3 is 2.13 bits per heavy atom. The van der Waals surface area contributed by atoms with Crippen molar-refractivity contribution in [1.29, 1.82) is 0 Å². The van der Waals surface area contributed by atoms with E-state index in [0.29, 0.717) is 11.5 Å². The zero-order valence-corrected chi connectivity index (χ0v) is 10.6. The Kier molecular flexibility index (Phi) is 3.92. The van der Waals surface area contributed by atoms with E-state index in [4.69, 9.17) is 0 Å². The molecule has 0 saturated carbocycles. The van der Waals surface area contributed by atoms with Crippen LogP contribution < -0.4 is 0 Å². The molecule has 0 unspecified atom stereocenters. The number of hydrogen-bond donors (Lipinski definition) is 0. The Morgan fingerprint density at radius 2 is 1.67 bits per heavy atom. The molecule has 0 aliphatic heterocycles. The largest absolute Gasteiger partial charge is 0.299 e. The van der Waals surface area contributed by atoms with Gasteiger partial charge >= 0.3 is 0 Å². The zero-order valence-electron chi connectivity index (χ0n) is 10.6. The number of hydrogen-bond acceptors (Lipinski definition) is 1.